The number of nitrogen functional groups attached to an aromatic ring is 1. The van der Waals surface area contributed by atoms with Crippen molar-refractivity contribution in [3.63, 3.8) is 0 Å². The van der Waals surface area contributed by atoms with Gasteiger partial charge in [0.15, 0.2) is 0 Å². The second kappa shape index (κ2) is 5.32. The summed E-state index contributed by atoms with van der Waals surface area (Å²) in [6.07, 6.45) is 0.480. The molecule has 0 fully saturated rings. The summed E-state index contributed by atoms with van der Waals surface area (Å²) in [6.45, 7) is 1.31. The first-order valence-corrected chi connectivity index (χ1v) is 4.73. The minimum Gasteiger partial charge on any atom is -0.396 e. The normalized spacial score (nSPS) is 10.3. The molecule has 0 aliphatic rings. The number of nitrogens with zero attached hydrogens (tertiary/aromatic N) is 2. The van der Waals surface area contributed by atoms with Crippen LogP contribution in [0.3, 0.4) is 0 Å². The molecule has 2 N–H and O–H groups in total. The molecule has 0 radical (unpaired) electrons. The minimum absolute atomic E-state index is 0.165. The Morgan fingerprint density at radius 2 is 2.27 bits per heavy atom. The number of anilines is 1. The van der Waals surface area contributed by atoms with Gasteiger partial charge < -0.3 is 10.6 Å². The second-order valence-corrected chi connectivity index (χ2v) is 3.50. The van der Waals surface area contributed by atoms with Gasteiger partial charge in [0.25, 0.3) is 0 Å². The lowest BCUT2D eigenvalue weighted by molar-refractivity contribution is 0.334. The van der Waals surface area contributed by atoms with Gasteiger partial charge in [-0.1, -0.05) is 6.07 Å². The lowest BCUT2D eigenvalue weighted by Gasteiger charge is -2.14. The SMILES string of the molecule is CN(CCC#N)Cc1ccc(N)c(F)c1. The third-order valence-electron chi connectivity index (χ3n) is 2.12. The molecule has 80 valence electrons. The van der Waals surface area contributed by atoms with Crippen LogP contribution in [-0.2, 0) is 6.54 Å². The van der Waals surface area contributed by atoms with E-state index in [0.29, 0.717) is 19.5 Å². The predicted octanol–water partition coefficient (Wildman–Crippen LogP) is 1.75. The largest absolute Gasteiger partial charge is 0.396 e. The standard InChI is InChI=1S/C11H14FN3/c1-15(6-2-5-13)8-9-3-4-11(14)10(12)7-9/h3-4,7H,2,6,8,14H2,1H3. The Morgan fingerprint density at radius 3 is 2.87 bits per heavy atom. The summed E-state index contributed by atoms with van der Waals surface area (Å²) in [4.78, 5) is 1.97. The minimum atomic E-state index is -0.388. The van der Waals surface area contributed by atoms with Crippen molar-refractivity contribution in [2.75, 3.05) is 19.3 Å². The molecule has 0 aliphatic heterocycles. The summed E-state index contributed by atoms with van der Waals surface area (Å²) in [6, 6.07) is 6.85. The van der Waals surface area contributed by atoms with Crippen molar-refractivity contribution < 1.29 is 4.39 Å². The fraction of sp³-hybridized carbons (Fsp3) is 0.364. The molecular weight excluding hydrogens is 193 g/mol. The van der Waals surface area contributed by atoms with Gasteiger partial charge in [-0.3, -0.25) is 0 Å². The van der Waals surface area contributed by atoms with Gasteiger partial charge in [0.05, 0.1) is 11.8 Å². The Kier molecular flexibility index (Phi) is 4.07. The van der Waals surface area contributed by atoms with Gasteiger partial charge in [-0.2, -0.15) is 5.26 Å². The van der Waals surface area contributed by atoms with Crippen LogP contribution in [0.4, 0.5) is 10.1 Å². The fourth-order valence-corrected chi connectivity index (χ4v) is 1.30. The Morgan fingerprint density at radius 1 is 1.53 bits per heavy atom. The van der Waals surface area contributed by atoms with E-state index in [1.54, 1.807) is 12.1 Å². The van der Waals surface area contributed by atoms with Gasteiger partial charge in [0.1, 0.15) is 5.82 Å². The molecule has 1 aromatic rings. The first-order valence-electron chi connectivity index (χ1n) is 4.73. The van der Waals surface area contributed by atoms with Crippen molar-refractivity contribution in [3.8, 4) is 6.07 Å². The third kappa shape index (κ3) is 3.56. The van der Waals surface area contributed by atoms with Crippen molar-refractivity contribution in [1.29, 1.82) is 5.26 Å². The number of nitriles is 1. The highest BCUT2D eigenvalue weighted by molar-refractivity contribution is 5.41. The fourth-order valence-electron chi connectivity index (χ4n) is 1.30. The Labute approximate surface area is 88.9 Å². The Balaban J connectivity index is 2.57. The monoisotopic (exact) mass is 207 g/mol. The van der Waals surface area contributed by atoms with E-state index in [9.17, 15) is 4.39 Å². The molecule has 0 spiro atoms. The summed E-state index contributed by atoms with van der Waals surface area (Å²) in [5.41, 5.74) is 6.40. The molecule has 0 aliphatic carbocycles. The van der Waals surface area contributed by atoms with Gasteiger partial charge in [-0.05, 0) is 24.7 Å². The highest BCUT2D eigenvalue weighted by Crippen LogP contribution is 2.13. The van der Waals surface area contributed by atoms with E-state index in [1.165, 1.54) is 6.07 Å². The van der Waals surface area contributed by atoms with Gasteiger partial charge >= 0.3 is 0 Å². The van der Waals surface area contributed by atoms with Gasteiger partial charge in [-0.15, -0.1) is 0 Å². The molecule has 0 heterocycles. The molecular formula is C11H14FN3. The molecule has 4 heteroatoms. The lowest BCUT2D eigenvalue weighted by atomic mass is 10.2. The lowest BCUT2D eigenvalue weighted by Crippen LogP contribution is -2.18. The number of hydrogen-bond acceptors (Lipinski definition) is 3. The average Bonchev–Trinajstić information content (AvgIpc) is 2.20. The molecule has 0 saturated heterocycles. The van der Waals surface area contributed by atoms with Crippen molar-refractivity contribution in [3.05, 3.63) is 29.6 Å². The van der Waals surface area contributed by atoms with E-state index in [4.69, 9.17) is 11.0 Å². The molecule has 0 atom stereocenters. The maximum Gasteiger partial charge on any atom is 0.146 e. The van der Waals surface area contributed by atoms with Gasteiger partial charge in [0.2, 0.25) is 0 Å². The summed E-state index contributed by atoms with van der Waals surface area (Å²) in [5, 5.41) is 8.41. The van der Waals surface area contributed by atoms with E-state index in [-0.39, 0.29) is 11.5 Å². The van der Waals surface area contributed by atoms with Crippen LogP contribution in [0.25, 0.3) is 0 Å². The predicted molar refractivity (Wildman–Crippen MR) is 57.4 cm³/mol. The van der Waals surface area contributed by atoms with Crippen LogP contribution < -0.4 is 5.73 Å². The zero-order valence-corrected chi connectivity index (χ0v) is 8.70. The number of nitrogens with two attached hydrogens (primary N) is 1. The molecule has 0 bridgehead atoms. The van der Waals surface area contributed by atoms with Gasteiger partial charge in [-0.25, -0.2) is 4.39 Å². The first kappa shape index (κ1) is 11.5. The van der Waals surface area contributed by atoms with E-state index in [0.717, 1.165) is 5.56 Å². The number of benzene rings is 1. The molecule has 3 nitrogen and oxygen atoms in total. The van der Waals surface area contributed by atoms with Crippen LogP contribution in [0.2, 0.25) is 0 Å². The zero-order chi connectivity index (χ0) is 11.3. The molecule has 0 aromatic heterocycles. The molecule has 0 saturated carbocycles. The van der Waals surface area contributed by atoms with E-state index in [2.05, 4.69) is 6.07 Å². The first-order chi connectivity index (χ1) is 7.13. The summed E-state index contributed by atoms with van der Waals surface area (Å²) in [7, 11) is 1.89. The summed E-state index contributed by atoms with van der Waals surface area (Å²) < 4.78 is 13.1. The Hall–Kier alpha value is -1.60. The van der Waals surface area contributed by atoms with Crippen LogP contribution in [0, 0.1) is 17.1 Å². The average molecular weight is 207 g/mol. The topological polar surface area (TPSA) is 53.0 Å². The van der Waals surface area contributed by atoms with Crippen LogP contribution in [-0.4, -0.2) is 18.5 Å². The van der Waals surface area contributed by atoms with Crippen molar-refractivity contribution >= 4 is 5.69 Å². The molecule has 15 heavy (non-hydrogen) atoms. The van der Waals surface area contributed by atoms with Gasteiger partial charge in [0, 0.05) is 19.5 Å². The van der Waals surface area contributed by atoms with Crippen LogP contribution in [0.15, 0.2) is 18.2 Å². The summed E-state index contributed by atoms with van der Waals surface area (Å²) >= 11 is 0. The van der Waals surface area contributed by atoms with Crippen LogP contribution in [0.5, 0.6) is 0 Å². The maximum absolute atomic E-state index is 13.1. The van der Waals surface area contributed by atoms with Crippen molar-refractivity contribution in [2.45, 2.75) is 13.0 Å². The van der Waals surface area contributed by atoms with Crippen molar-refractivity contribution in [1.82, 2.24) is 4.90 Å². The smallest absolute Gasteiger partial charge is 0.146 e. The van der Waals surface area contributed by atoms with E-state index < -0.39 is 0 Å². The Bertz CT molecular complexity index is 371. The quantitative estimate of drug-likeness (QED) is 0.765. The highest BCUT2D eigenvalue weighted by Gasteiger charge is 2.03. The molecule has 0 amide bonds. The summed E-state index contributed by atoms with van der Waals surface area (Å²) in [5.74, 6) is -0.388. The number of halogens is 1. The molecule has 1 rings (SSSR count). The second-order valence-electron chi connectivity index (χ2n) is 3.50. The number of hydrogen-bond donors (Lipinski definition) is 1. The van der Waals surface area contributed by atoms with Crippen LogP contribution >= 0.6 is 0 Å². The van der Waals surface area contributed by atoms with E-state index >= 15 is 0 Å². The molecule has 1 aromatic carbocycles. The highest BCUT2D eigenvalue weighted by atomic mass is 19.1. The van der Waals surface area contributed by atoms with Crippen molar-refractivity contribution in [2.24, 2.45) is 0 Å². The zero-order valence-electron chi connectivity index (χ0n) is 8.70. The third-order valence-corrected chi connectivity index (χ3v) is 2.12. The van der Waals surface area contributed by atoms with E-state index in [1.807, 2.05) is 11.9 Å². The molecule has 0 unspecified atom stereocenters. The number of rotatable bonds is 4. The maximum atomic E-state index is 13.1. The van der Waals surface area contributed by atoms with Crippen LogP contribution in [0.1, 0.15) is 12.0 Å².